The molecule has 4 nitrogen and oxygen atoms in total. The highest BCUT2D eigenvalue weighted by molar-refractivity contribution is 5.32. The van der Waals surface area contributed by atoms with E-state index >= 15 is 0 Å². The Bertz CT molecular complexity index is 440. The Morgan fingerprint density at radius 1 is 1.29 bits per heavy atom. The molecule has 0 bridgehead atoms. The molecule has 0 spiro atoms. The molecule has 0 saturated carbocycles. The Kier molecular flexibility index (Phi) is 4.16. The number of rotatable bonds is 6. The standard InChI is InChI=1S/C13H16N2O2/c16-10-12-4-1-2-5-13(12)17-9-3-7-15-8-6-14-11-15/h1-2,4-6,8,11,16H,3,7,9-10H2. The van der Waals surface area contributed by atoms with Crippen LogP contribution in [-0.2, 0) is 13.2 Å². The van der Waals surface area contributed by atoms with E-state index in [0.29, 0.717) is 6.61 Å². The molecule has 0 radical (unpaired) electrons. The number of imidazole rings is 1. The van der Waals surface area contributed by atoms with Gasteiger partial charge in [-0.05, 0) is 12.5 Å². The Labute approximate surface area is 100 Å². The van der Waals surface area contributed by atoms with Gasteiger partial charge >= 0.3 is 0 Å². The highest BCUT2D eigenvalue weighted by atomic mass is 16.5. The Hall–Kier alpha value is -1.81. The molecule has 1 heterocycles. The number of aliphatic hydroxyl groups is 1. The van der Waals surface area contributed by atoms with Gasteiger partial charge in [0, 0.05) is 24.5 Å². The summed E-state index contributed by atoms with van der Waals surface area (Å²) in [5.74, 6) is 0.764. The van der Waals surface area contributed by atoms with Gasteiger partial charge in [0.2, 0.25) is 0 Å². The zero-order valence-corrected chi connectivity index (χ0v) is 9.62. The number of aryl methyl sites for hydroxylation is 1. The van der Waals surface area contributed by atoms with Gasteiger partial charge in [0.15, 0.2) is 0 Å². The van der Waals surface area contributed by atoms with E-state index in [1.165, 1.54) is 0 Å². The van der Waals surface area contributed by atoms with Crippen molar-refractivity contribution in [3.63, 3.8) is 0 Å². The SMILES string of the molecule is OCc1ccccc1OCCCn1ccnc1. The first-order chi connectivity index (χ1) is 8.40. The van der Waals surface area contributed by atoms with Crippen LogP contribution in [0.25, 0.3) is 0 Å². The molecule has 1 aromatic carbocycles. The minimum Gasteiger partial charge on any atom is -0.493 e. The summed E-state index contributed by atoms with van der Waals surface area (Å²) in [4.78, 5) is 3.98. The van der Waals surface area contributed by atoms with Gasteiger partial charge in [-0.1, -0.05) is 18.2 Å². The van der Waals surface area contributed by atoms with E-state index in [1.807, 2.05) is 35.0 Å². The minimum atomic E-state index is 0.0116. The summed E-state index contributed by atoms with van der Waals surface area (Å²) in [5, 5.41) is 9.13. The van der Waals surface area contributed by atoms with Crippen LogP contribution in [0.15, 0.2) is 43.0 Å². The minimum absolute atomic E-state index is 0.0116. The smallest absolute Gasteiger partial charge is 0.124 e. The lowest BCUT2D eigenvalue weighted by molar-refractivity contribution is 0.259. The van der Waals surface area contributed by atoms with Crippen LogP contribution in [0.3, 0.4) is 0 Å². The maximum Gasteiger partial charge on any atom is 0.124 e. The van der Waals surface area contributed by atoms with Crippen LogP contribution in [0.4, 0.5) is 0 Å². The molecular formula is C13H16N2O2. The Morgan fingerprint density at radius 3 is 2.94 bits per heavy atom. The number of benzene rings is 1. The Morgan fingerprint density at radius 2 is 2.18 bits per heavy atom. The molecular weight excluding hydrogens is 216 g/mol. The fourth-order valence-electron chi connectivity index (χ4n) is 1.62. The number of aliphatic hydroxyl groups excluding tert-OH is 1. The lowest BCUT2D eigenvalue weighted by atomic mass is 10.2. The highest BCUT2D eigenvalue weighted by Gasteiger charge is 2.00. The summed E-state index contributed by atoms with van der Waals surface area (Å²) < 4.78 is 7.65. The van der Waals surface area contributed by atoms with Crippen molar-refractivity contribution in [3.05, 3.63) is 48.5 Å². The normalized spacial score (nSPS) is 10.4. The van der Waals surface area contributed by atoms with E-state index in [0.717, 1.165) is 24.3 Å². The van der Waals surface area contributed by atoms with Crippen LogP contribution >= 0.6 is 0 Å². The molecule has 1 N–H and O–H groups in total. The van der Waals surface area contributed by atoms with Gasteiger partial charge in [0.05, 0.1) is 19.5 Å². The molecule has 0 aliphatic heterocycles. The van der Waals surface area contributed by atoms with Crippen molar-refractivity contribution in [2.45, 2.75) is 19.6 Å². The van der Waals surface area contributed by atoms with Gasteiger partial charge < -0.3 is 14.4 Å². The first-order valence-corrected chi connectivity index (χ1v) is 5.67. The van der Waals surface area contributed by atoms with Gasteiger partial charge in [0.25, 0.3) is 0 Å². The second kappa shape index (κ2) is 6.06. The number of aromatic nitrogens is 2. The summed E-state index contributed by atoms with van der Waals surface area (Å²) in [7, 11) is 0. The second-order valence-corrected chi connectivity index (χ2v) is 3.77. The van der Waals surface area contributed by atoms with Crippen molar-refractivity contribution in [3.8, 4) is 5.75 Å². The van der Waals surface area contributed by atoms with Crippen molar-refractivity contribution in [1.82, 2.24) is 9.55 Å². The van der Waals surface area contributed by atoms with Gasteiger partial charge in [-0.2, -0.15) is 0 Å². The van der Waals surface area contributed by atoms with Gasteiger partial charge in [-0.3, -0.25) is 0 Å². The average Bonchev–Trinajstić information content (AvgIpc) is 2.88. The van der Waals surface area contributed by atoms with E-state index in [4.69, 9.17) is 9.84 Å². The Balaban J connectivity index is 1.78. The first kappa shape index (κ1) is 11.7. The molecule has 0 atom stereocenters. The summed E-state index contributed by atoms with van der Waals surface area (Å²) in [6, 6.07) is 7.54. The van der Waals surface area contributed by atoms with Crippen LogP contribution in [0.5, 0.6) is 5.75 Å². The number of para-hydroxylation sites is 1. The molecule has 17 heavy (non-hydrogen) atoms. The van der Waals surface area contributed by atoms with E-state index < -0.39 is 0 Å². The quantitative estimate of drug-likeness (QED) is 0.773. The largest absolute Gasteiger partial charge is 0.493 e. The fraction of sp³-hybridized carbons (Fsp3) is 0.308. The molecule has 90 valence electrons. The van der Waals surface area contributed by atoms with Crippen LogP contribution in [-0.4, -0.2) is 21.3 Å². The zero-order valence-electron chi connectivity index (χ0n) is 9.62. The monoisotopic (exact) mass is 232 g/mol. The molecule has 0 aliphatic rings. The molecule has 2 rings (SSSR count). The van der Waals surface area contributed by atoms with E-state index in [-0.39, 0.29) is 6.61 Å². The van der Waals surface area contributed by atoms with Gasteiger partial charge in [-0.25, -0.2) is 4.98 Å². The maximum atomic E-state index is 9.13. The molecule has 0 fully saturated rings. The number of hydrogen-bond donors (Lipinski definition) is 1. The third kappa shape index (κ3) is 3.32. The lowest BCUT2D eigenvalue weighted by Crippen LogP contribution is -2.04. The first-order valence-electron chi connectivity index (χ1n) is 5.67. The maximum absolute atomic E-state index is 9.13. The molecule has 0 saturated heterocycles. The van der Waals surface area contributed by atoms with Crippen LogP contribution in [0.1, 0.15) is 12.0 Å². The second-order valence-electron chi connectivity index (χ2n) is 3.77. The molecule has 1 aromatic heterocycles. The van der Waals surface area contributed by atoms with E-state index in [9.17, 15) is 0 Å². The molecule has 0 amide bonds. The molecule has 4 heteroatoms. The third-order valence-electron chi connectivity index (χ3n) is 2.52. The van der Waals surface area contributed by atoms with Crippen molar-refractivity contribution in [1.29, 1.82) is 0 Å². The van der Waals surface area contributed by atoms with Crippen molar-refractivity contribution >= 4 is 0 Å². The predicted octanol–water partition coefficient (Wildman–Crippen LogP) is 1.84. The van der Waals surface area contributed by atoms with Gasteiger partial charge in [-0.15, -0.1) is 0 Å². The van der Waals surface area contributed by atoms with Crippen molar-refractivity contribution < 1.29 is 9.84 Å². The molecule has 0 aliphatic carbocycles. The summed E-state index contributed by atoms with van der Waals surface area (Å²) in [6.07, 6.45) is 6.40. The van der Waals surface area contributed by atoms with Crippen molar-refractivity contribution in [2.24, 2.45) is 0 Å². The fourth-order valence-corrected chi connectivity index (χ4v) is 1.62. The molecule has 2 aromatic rings. The topological polar surface area (TPSA) is 47.3 Å². The predicted molar refractivity (Wildman–Crippen MR) is 64.7 cm³/mol. The van der Waals surface area contributed by atoms with E-state index in [1.54, 1.807) is 12.5 Å². The molecule has 0 unspecified atom stereocenters. The summed E-state index contributed by atoms with van der Waals surface area (Å²) in [5.41, 5.74) is 0.829. The highest BCUT2D eigenvalue weighted by Crippen LogP contribution is 2.17. The number of ether oxygens (including phenoxy) is 1. The van der Waals surface area contributed by atoms with Gasteiger partial charge in [0.1, 0.15) is 5.75 Å². The zero-order chi connectivity index (χ0) is 11.9. The third-order valence-corrected chi connectivity index (χ3v) is 2.52. The number of nitrogens with zero attached hydrogens (tertiary/aromatic N) is 2. The number of hydrogen-bond acceptors (Lipinski definition) is 3. The lowest BCUT2D eigenvalue weighted by Gasteiger charge is -2.09. The van der Waals surface area contributed by atoms with E-state index in [2.05, 4.69) is 4.98 Å². The van der Waals surface area contributed by atoms with Crippen LogP contribution in [0.2, 0.25) is 0 Å². The van der Waals surface area contributed by atoms with Crippen molar-refractivity contribution in [2.75, 3.05) is 6.61 Å². The summed E-state index contributed by atoms with van der Waals surface area (Å²) in [6.45, 7) is 1.54. The summed E-state index contributed by atoms with van der Waals surface area (Å²) >= 11 is 0. The average molecular weight is 232 g/mol. The van der Waals surface area contributed by atoms with Crippen LogP contribution in [0, 0.1) is 0 Å². The van der Waals surface area contributed by atoms with Crippen LogP contribution < -0.4 is 4.74 Å².